The summed E-state index contributed by atoms with van der Waals surface area (Å²) in [6.07, 6.45) is 0.605. The number of ether oxygens (including phenoxy) is 1. The molecule has 2 N–H and O–H groups in total. The van der Waals surface area contributed by atoms with E-state index in [1.807, 2.05) is 19.9 Å². The largest absolute Gasteiger partial charge is 0.481 e. The maximum Gasteiger partial charge on any atom is 0.322 e. The van der Waals surface area contributed by atoms with Crippen molar-refractivity contribution < 1.29 is 19.4 Å². The van der Waals surface area contributed by atoms with Crippen molar-refractivity contribution in [1.82, 2.24) is 5.32 Å². The standard InChI is InChI=1S/C16H23NO4/c1-11(2)9-14(16(20)21-3)17-10-13(15(18)19)12-7-5-4-6-8-12/h4-8,11,13-14,17H,9-10H2,1-3H3,(H,18,19). The Morgan fingerprint density at radius 1 is 1.24 bits per heavy atom. The molecule has 0 bridgehead atoms. The van der Waals surface area contributed by atoms with Crippen molar-refractivity contribution in [2.75, 3.05) is 13.7 Å². The number of carbonyl (C=O) groups is 2. The Balaban J connectivity index is 2.75. The summed E-state index contributed by atoms with van der Waals surface area (Å²) in [5.74, 6) is -1.66. The summed E-state index contributed by atoms with van der Waals surface area (Å²) in [6.45, 7) is 4.19. The molecule has 0 saturated carbocycles. The molecule has 0 aliphatic heterocycles. The van der Waals surface area contributed by atoms with Gasteiger partial charge in [0.1, 0.15) is 6.04 Å². The van der Waals surface area contributed by atoms with Gasteiger partial charge in [-0.25, -0.2) is 0 Å². The molecular weight excluding hydrogens is 270 g/mol. The number of rotatable bonds is 8. The molecule has 0 aromatic heterocycles. The Kier molecular flexibility index (Phi) is 6.88. The molecule has 0 heterocycles. The Bertz CT molecular complexity index is 459. The molecule has 0 spiro atoms. The van der Waals surface area contributed by atoms with E-state index in [1.165, 1.54) is 7.11 Å². The van der Waals surface area contributed by atoms with Crippen LogP contribution in [-0.4, -0.2) is 36.7 Å². The Labute approximate surface area is 125 Å². The van der Waals surface area contributed by atoms with Gasteiger partial charge in [0.2, 0.25) is 0 Å². The van der Waals surface area contributed by atoms with Crippen molar-refractivity contribution in [3.05, 3.63) is 35.9 Å². The van der Waals surface area contributed by atoms with Crippen LogP contribution in [0.2, 0.25) is 0 Å². The lowest BCUT2D eigenvalue weighted by atomic mass is 9.98. The van der Waals surface area contributed by atoms with E-state index in [1.54, 1.807) is 24.3 Å². The molecule has 1 rings (SSSR count). The van der Waals surface area contributed by atoms with E-state index in [2.05, 4.69) is 5.32 Å². The third-order valence-corrected chi connectivity index (χ3v) is 3.26. The zero-order valence-corrected chi connectivity index (χ0v) is 12.7. The molecule has 5 heteroatoms. The van der Waals surface area contributed by atoms with E-state index < -0.39 is 17.9 Å². The van der Waals surface area contributed by atoms with Gasteiger partial charge in [0.05, 0.1) is 13.0 Å². The van der Waals surface area contributed by atoms with Crippen molar-refractivity contribution in [3.8, 4) is 0 Å². The van der Waals surface area contributed by atoms with Gasteiger partial charge in [0.15, 0.2) is 0 Å². The lowest BCUT2D eigenvalue weighted by Crippen LogP contribution is -2.41. The van der Waals surface area contributed by atoms with Crippen molar-refractivity contribution in [2.24, 2.45) is 5.92 Å². The number of carboxylic acids is 1. The summed E-state index contributed by atoms with van der Waals surface area (Å²) in [5.41, 5.74) is 0.714. The number of aliphatic carboxylic acids is 1. The fourth-order valence-corrected chi connectivity index (χ4v) is 2.17. The van der Waals surface area contributed by atoms with Gasteiger partial charge in [-0.2, -0.15) is 0 Å². The molecule has 21 heavy (non-hydrogen) atoms. The summed E-state index contributed by atoms with van der Waals surface area (Å²) < 4.78 is 4.76. The summed E-state index contributed by atoms with van der Waals surface area (Å²) in [6, 6.07) is 8.51. The van der Waals surface area contributed by atoms with Crippen LogP contribution < -0.4 is 5.32 Å². The van der Waals surface area contributed by atoms with E-state index in [-0.39, 0.29) is 12.5 Å². The third-order valence-electron chi connectivity index (χ3n) is 3.26. The number of hydrogen-bond acceptors (Lipinski definition) is 4. The van der Waals surface area contributed by atoms with Crippen molar-refractivity contribution in [1.29, 1.82) is 0 Å². The summed E-state index contributed by atoms with van der Waals surface area (Å²) in [7, 11) is 1.34. The third kappa shape index (κ3) is 5.55. The smallest absolute Gasteiger partial charge is 0.322 e. The van der Waals surface area contributed by atoms with E-state index in [0.29, 0.717) is 17.9 Å². The van der Waals surface area contributed by atoms with E-state index in [0.717, 1.165) is 0 Å². The zero-order valence-electron chi connectivity index (χ0n) is 12.7. The molecule has 0 aliphatic carbocycles. The maximum absolute atomic E-state index is 11.7. The molecule has 5 nitrogen and oxygen atoms in total. The van der Waals surface area contributed by atoms with Crippen LogP contribution in [0.1, 0.15) is 31.7 Å². The maximum atomic E-state index is 11.7. The van der Waals surface area contributed by atoms with E-state index in [4.69, 9.17) is 4.74 Å². The normalized spacial score (nSPS) is 13.7. The molecule has 0 fully saturated rings. The van der Waals surface area contributed by atoms with Crippen LogP contribution in [-0.2, 0) is 14.3 Å². The summed E-state index contributed by atoms with van der Waals surface area (Å²) in [4.78, 5) is 23.2. The predicted molar refractivity (Wildman–Crippen MR) is 80.1 cm³/mol. The van der Waals surface area contributed by atoms with Crippen molar-refractivity contribution in [2.45, 2.75) is 32.2 Å². The predicted octanol–water partition coefficient (Wildman–Crippen LogP) is 2.03. The Morgan fingerprint density at radius 3 is 2.33 bits per heavy atom. The number of benzene rings is 1. The quantitative estimate of drug-likeness (QED) is 0.717. The van der Waals surface area contributed by atoms with Crippen LogP contribution in [0.25, 0.3) is 0 Å². The monoisotopic (exact) mass is 293 g/mol. The zero-order chi connectivity index (χ0) is 15.8. The first-order chi connectivity index (χ1) is 9.95. The molecule has 0 radical (unpaired) electrons. The highest BCUT2D eigenvalue weighted by molar-refractivity contribution is 5.77. The molecular formula is C16H23NO4. The molecule has 0 saturated heterocycles. The SMILES string of the molecule is COC(=O)C(CC(C)C)NCC(C(=O)O)c1ccccc1. The average molecular weight is 293 g/mol. The second-order valence-electron chi connectivity index (χ2n) is 5.42. The van der Waals surface area contributed by atoms with Gasteiger partial charge in [-0.1, -0.05) is 44.2 Å². The van der Waals surface area contributed by atoms with Crippen LogP contribution >= 0.6 is 0 Å². The van der Waals surface area contributed by atoms with Gasteiger partial charge < -0.3 is 15.2 Å². The first kappa shape index (κ1) is 17.2. The lowest BCUT2D eigenvalue weighted by Gasteiger charge is -2.21. The summed E-state index contributed by atoms with van der Waals surface area (Å²) in [5, 5.41) is 12.4. The first-order valence-corrected chi connectivity index (χ1v) is 7.04. The average Bonchev–Trinajstić information content (AvgIpc) is 2.45. The number of hydrogen-bond donors (Lipinski definition) is 2. The van der Waals surface area contributed by atoms with Gasteiger partial charge in [-0.05, 0) is 17.9 Å². The van der Waals surface area contributed by atoms with E-state index in [9.17, 15) is 14.7 Å². The van der Waals surface area contributed by atoms with Gasteiger partial charge in [-0.15, -0.1) is 0 Å². The molecule has 0 aliphatic rings. The minimum atomic E-state index is -0.915. The summed E-state index contributed by atoms with van der Waals surface area (Å²) >= 11 is 0. The molecule has 0 amide bonds. The van der Waals surface area contributed by atoms with Crippen LogP contribution in [0.4, 0.5) is 0 Å². The first-order valence-electron chi connectivity index (χ1n) is 7.04. The highest BCUT2D eigenvalue weighted by Gasteiger charge is 2.25. The Morgan fingerprint density at radius 2 is 1.86 bits per heavy atom. The van der Waals surface area contributed by atoms with Crippen LogP contribution in [0, 0.1) is 5.92 Å². The number of methoxy groups -OCH3 is 1. The highest BCUT2D eigenvalue weighted by atomic mass is 16.5. The van der Waals surface area contributed by atoms with Gasteiger partial charge in [0, 0.05) is 6.54 Å². The van der Waals surface area contributed by atoms with Crippen molar-refractivity contribution in [3.63, 3.8) is 0 Å². The van der Waals surface area contributed by atoms with E-state index >= 15 is 0 Å². The molecule has 2 atom stereocenters. The topological polar surface area (TPSA) is 75.6 Å². The van der Waals surface area contributed by atoms with Gasteiger partial charge in [0.25, 0.3) is 0 Å². The fraction of sp³-hybridized carbons (Fsp3) is 0.500. The van der Waals surface area contributed by atoms with Crippen LogP contribution in [0.3, 0.4) is 0 Å². The Hall–Kier alpha value is -1.88. The van der Waals surface area contributed by atoms with Gasteiger partial charge in [-0.3, -0.25) is 9.59 Å². The fourth-order valence-electron chi connectivity index (χ4n) is 2.17. The van der Waals surface area contributed by atoms with Crippen LogP contribution in [0.15, 0.2) is 30.3 Å². The number of carbonyl (C=O) groups excluding carboxylic acids is 1. The number of carboxylic acid groups (broad SMARTS) is 1. The van der Waals surface area contributed by atoms with Crippen LogP contribution in [0.5, 0.6) is 0 Å². The van der Waals surface area contributed by atoms with Gasteiger partial charge >= 0.3 is 11.9 Å². The number of nitrogens with one attached hydrogen (secondary N) is 1. The molecule has 116 valence electrons. The molecule has 2 unspecified atom stereocenters. The number of esters is 1. The highest BCUT2D eigenvalue weighted by Crippen LogP contribution is 2.16. The molecule has 1 aromatic rings. The minimum absolute atomic E-state index is 0.186. The second-order valence-corrected chi connectivity index (χ2v) is 5.42. The second kappa shape index (κ2) is 8.42. The lowest BCUT2D eigenvalue weighted by molar-refractivity contribution is -0.144. The van der Waals surface area contributed by atoms with Crippen molar-refractivity contribution >= 4 is 11.9 Å². The minimum Gasteiger partial charge on any atom is -0.481 e. The molecule has 1 aromatic carbocycles.